The second kappa shape index (κ2) is 9.54. The van der Waals surface area contributed by atoms with Crippen LogP contribution in [0.3, 0.4) is 0 Å². The summed E-state index contributed by atoms with van der Waals surface area (Å²) < 4.78 is 9.80. The molecule has 7 rings (SSSR count). The summed E-state index contributed by atoms with van der Waals surface area (Å²) in [5.41, 5.74) is 2.95. The second-order valence-corrected chi connectivity index (χ2v) is 10.9. The third kappa shape index (κ3) is 3.93. The summed E-state index contributed by atoms with van der Waals surface area (Å²) in [5.74, 6) is 4.15. The quantitative estimate of drug-likeness (QED) is 0.281. The van der Waals surface area contributed by atoms with Crippen LogP contribution in [0.15, 0.2) is 102 Å². The number of benzene rings is 3. The van der Waals surface area contributed by atoms with Crippen molar-refractivity contribution < 1.29 is 4.74 Å². The van der Waals surface area contributed by atoms with E-state index in [4.69, 9.17) is 4.74 Å². The first kappa shape index (κ1) is 22.4. The van der Waals surface area contributed by atoms with Crippen LogP contribution >= 0.6 is 0 Å². The van der Waals surface area contributed by atoms with Gasteiger partial charge in [-0.05, 0) is 0 Å². The van der Waals surface area contributed by atoms with Crippen molar-refractivity contribution in [1.29, 1.82) is 0 Å². The van der Waals surface area contributed by atoms with Crippen molar-refractivity contribution in [3.63, 3.8) is 0 Å². The number of hydrogen-bond acceptors (Lipinski definition) is 1. The summed E-state index contributed by atoms with van der Waals surface area (Å²) in [7, 11) is 0. The van der Waals surface area contributed by atoms with Gasteiger partial charge >= 0.3 is 214 Å². The molecule has 3 aromatic carbocycles. The Morgan fingerprint density at radius 1 is 0.647 bits per heavy atom. The van der Waals surface area contributed by atoms with Gasteiger partial charge < -0.3 is 0 Å². The first-order valence-electron chi connectivity index (χ1n) is 13.2. The van der Waals surface area contributed by atoms with Gasteiger partial charge in [0, 0.05) is 0 Å². The van der Waals surface area contributed by atoms with Crippen molar-refractivity contribution in [2.24, 2.45) is 29.6 Å². The molecule has 34 heavy (non-hydrogen) atoms. The average molecular weight is 441 g/mol. The summed E-state index contributed by atoms with van der Waals surface area (Å²) in [6.45, 7) is 0. The van der Waals surface area contributed by atoms with Crippen LogP contribution in [0, 0.1) is 29.6 Å². The molecular weight excluding hydrogens is 407 g/mol. The molecule has 4 aliphatic carbocycles. The molecule has 2 heteroatoms. The predicted molar refractivity (Wildman–Crippen MR) is 140 cm³/mol. The Hall–Kier alpha value is -2.04. The van der Waals surface area contributed by atoms with E-state index in [1.165, 1.54) is 48.8 Å². The zero-order valence-electron chi connectivity index (χ0n) is 20.2. The van der Waals surface area contributed by atoms with Gasteiger partial charge in [-0.1, -0.05) is 0 Å². The SMILES string of the molecule is [Li][CH]=CC(OC(c1ccccc1)(c1ccccc1)c1ccccc1)C1[C@H]2CC3CC(C[C@H]1C3)C2. The van der Waals surface area contributed by atoms with E-state index in [9.17, 15) is 0 Å². The van der Waals surface area contributed by atoms with E-state index in [-0.39, 0.29) is 6.10 Å². The van der Waals surface area contributed by atoms with Crippen LogP contribution in [0.4, 0.5) is 0 Å². The third-order valence-corrected chi connectivity index (χ3v) is 8.91. The Labute approximate surface area is 213 Å². The molecule has 0 heterocycles. The van der Waals surface area contributed by atoms with Crippen molar-refractivity contribution in [2.75, 3.05) is 0 Å². The Kier molecular flexibility index (Phi) is 6.29. The monoisotopic (exact) mass is 440 g/mol. The summed E-state index contributed by atoms with van der Waals surface area (Å²) in [4.78, 5) is 0. The molecule has 4 aliphatic rings. The summed E-state index contributed by atoms with van der Waals surface area (Å²) in [5, 5.41) is 0. The predicted octanol–water partition coefficient (Wildman–Crippen LogP) is 7.12. The van der Waals surface area contributed by atoms with Crippen molar-refractivity contribution in [3.8, 4) is 0 Å². The van der Waals surface area contributed by atoms with Crippen LogP contribution in [0.5, 0.6) is 0 Å². The molecule has 168 valence electrons. The molecule has 0 amide bonds. The van der Waals surface area contributed by atoms with Crippen LogP contribution in [0.25, 0.3) is 0 Å². The Balaban J connectivity index is 1.50. The number of ether oxygens (including phenoxy) is 1. The normalized spacial score (nSPS) is 28.9. The van der Waals surface area contributed by atoms with Gasteiger partial charge in [0.1, 0.15) is 0 Å². The zero-order chi connectivity index (χ0) is 23.0. The van der Waals surface area contributed by atoms with Crippen molar-refractivity contribution in [1.82, 2.24) is 0 Å². The van der Waals surface area contributed by atoms with Crippen LogP contribution in [-0.2, 0) is 10.3 Å². The first-order valence-corrected chi connectivity index (χ1v) is 13.2. The molecule has 0 saturated heterocycles. The number of hydrogen-bond donors (Lipinski definition) is 0. The fourth-order valence-corrected chi connectivity index (χ4v) is 7.87. The molecule has 1 atom stereocenters. The van der Waals surface area contributed by atoms with Crippen LogP contribution < -0.4 is 0 Å². The average Bonchev–Trinajstić information content (AvgIpc) is 2.88. The van der Waals surface area contributed by atoms with Gasteiger partial charge in [0.15, 0.2) is 0 Å². The van der Waals surface area contributed by atoms with Crippen molar-refractivity contribution >= 4 is 17.7 Å². The molecule has 4 saturated carbocycles. The molecule has 0 aromatic heterocycles. The maximum atomic E-state index is 7.58. The summed E-state index contributed by atoms with van der Waals surface area (Å²) in [6.07, 6.45) is 9.58. The molecule has 4 bridgehead atoms. The van der Waals surface area contributed by atoms with Gasteiger partial charge in [-0.3, -0.25) is 0 Å². The molecule has 1 nitrogen and oxygen atoms in total. The first-order chi connectivity index (χ1) is 16.8. The van der Waals surface area contributed by atoms with Gasteiger partial charge in [-0.25, -0.2) is 0 Å². The van der Waals surface area contributed by atoms with E-state index in [1.807, 2.05) is 0 Å². The topological polar surface area (TPSA) is 9.23 Å². The molecular formula is C32H33LiO. The van der Waals surface area contributed by atoms with Crippen LogP contribution in [0.1, 0.15) is 48.8 Å². The maximum absolute atomic E-state index is 7.58. The van der Waals surface area contributed by atoms with E-state index in [0.717, 1.165) is 23.7 Å². The van der Waals surface area contributed by atoms with E-state index >= 15 is 0 Å². The van der Waals surface area contributed by atoms with Gasteiger partial charge in [-0.2, -0.15) is 0 Å². The third-order valence-electron chi connectivity index (χ3n) is 8.91. The van der Waals surface area contributed by atoms with Crippen LogP contribution in [0.2, 0.25) is 0 Å². The Morgan fingerprint density at radius 3 is 1.44 bits per heavy atom. The van der Waals surface area contributed by atoms with Gasteiger partial charge in [0.25, 0.3) is 0 Å². The Bertz CT molecular complexity index is 983. The molecule has 0 aliphatic heterocycles. The Morgan fingerprint density at radius 2 is 1.06 bits per heavy atom. The number of rotatable bonds is 7. The molecule has 1 unspecified atom stereocenters. The van der Waals surface area contributed by atoms with E-state index in [0.29, 0.717) is 5.92 Å². The zero-order valence-corrected chi connectivity index (χ0v) is 20.2. The van der Waals surface area contributed by atoms with E-state index in [1.54, 1.807) is 0 Å². The minimum absolute atomic E-state index is 0.0978. The van der Waals surface area contributed by atoms with Gasteiger partial charge in [-0.15, -0.1) is 0 Å². The van der Waals surface area contributed by atoms with Crippen molar-refractivity contribution in [2.45, 2.75) is 43.8 Å². The molecule has 0 radical (unpaired) electrons. The van der Waals surface area contributed by atoms with Crippen LogP contribution in [-0.4, -0.2) is 23.8 Å². The standard InChI is InChI=1S/C32H33O.Li/c1-2-30(31-25-19-23-18-24(21-25)22-26(31)20-23)33-32(27-12-6-3-7-13-27,28-14-8-4-9-15-28)29-16-10-5-11-17-29;/h1-17,23-26,30-31H,18-22H2;/t23?,24?,25-,26+,30?,31?;. The molecule has 0 spiro atoms. The fourth-order valence-electron chi connectivity index (χ4n) is 7.87. The second-order valence-electron chi connectivity index (χ2n) is 10.9. The molecule has 0 N–H and O–H groups in total. The van der Waals surface area contributed by atoms with Gasteiger partial charge in [0.2, 0.25) is 0 Å². The fraction of sp³-hybridized carbons (Fsp3) is 0.375. The van der Waals surface area contributed by atoms with E-state index < -0.39 is 5.60 Å². The summed E-state index contributed by atoms with van der Waals surface area (Å²) >= 11 is 2.15. The molecule has 4 fully saturated rings. The minimum atomic E-state index is -0.650. The molecule has 3 aromatic rings. The van der Waals surface area contributed by atoms with E-state index in [2.05, 4.69) is 120 Å². The van der Waals surface area contributed by atoms with Crippen molar-refractivity contribution in [3.05, 3.63) is 119 Å². The van der Waals surface area contributed by atoms with Gasteiger partial charge in [0.05, 0.1) is 0 Å². The summed E-state index contributed by atoms with van der Waals surface area (Å²) in [6, 6.07) is 32.6.